The highest BCUT2D eigenvalue weighted by atomic mass is 79.9. The molecule has 2 rings (SSSR count). The van der Waals surface area contributed by atoms with E-state index in [-0.39, 0.29) is 10.6 Å². The number of hydrogen-bond acceptors (Lipinski definition) is 2. The first-order valence-corrected chi connectivity index (χ1v) is 7.29. The fourth-order valence-electron chi connectivity index (χ4n) is 1.81. The number of hydrogen-bond donors (Lipinski definition) is 1. The molecule has 0 radical (unpaired) electrons. The van der Waals surface area contributed by atoms with Gasteiger partial charge in [0.15, 0.2) is 0 Å². The van der Waals surface area contributed by atoms with Crippen LogP contribution in [0.4, 0.5) is 4.39 Å². The Labute approximate surface area is 129 Å². The number of H-pyrrole nitrogens is 1. The third kappa shape index (κ3) is 3.27. The molecule has 0 aliphatic rings. The van der Waals surface area contributed by atoms with Gasteiger partial charge in [-0.25, -0.2) is 9.37 Å². The van der Waals surface area contributed by atoms with E-state index in [2.05, 4.69) is 25.9 Å². The molecule has 1 heterocycles. The number of aromatic nitrogens is 2. The first kappa shape index (κ1) is 15.2. The highest BCUT2D eigenvalue weighted by Gasteiger charge is 2.12. The highest BCUT2D eigenvalue weighted by molar-refractivity contribution is 9.10. The summed E-state index contributed by atoms with van der Waals surface area (Å²) in [6.07, 6.45) is 0.673. The fourth-order valence-corrected chi connectivity index (χ4v) is 2.34. The molecule has 1 N–H and O–H groups in total. The van der Waals surface area contributed by atoms with E-state index >= 15 is 0 Å². The Hall–Kier alpha value is -1.20. The van der Waals surface area contributed by atoms with Gasteiger partial charge in [0.25, 0.3) is 5.56 Å². The minimum absolute atomic E-state index is 0.00141. The monoisotopic (exact) mass is 358 g/mol. The van der Waals surface area contributed by atoms with Crippen molar-refractivity contribution in [3.05, 3.63) is 49.6 Å². The van der Waals surface area contributed by atoms with E-state index in [1.165, 1.54) is 18.2 Å². The van der Waals surface area contributed by atoms with Gasteiger partial charge >= 0.3 is 0 Å². The van der Waals surface area contributed by atoms with Gasteiger partial charge in [-0.15, -0.1) is 0 Å². The smallest absolute Gasteiger partial charge is 0.265 e. The summed E-state index contributed by atoms with van der Waals surface area (Å²) in [5.41, 5.74) is 0.997. The highest BCUT2D eigenvalue weighted by Crippen LogP contribution is 2.23. The lowest BCUT2D eigenvalue weighted by molar-refractivity contribution is 0.628. The quantitative estimate of drug-likeness (QED) is 0.893. The van der Waals surface area contributed by atoms with Crippen LogP contribution in [0.25, 0.3) is 11.4 Å². The van der Waals surface area contributed by atoms with Gasteiger partial charge in [-0.2, -0.15) is 0 Å². The maximum Gasteiger partial charge on any atom is 0.265 e. The topological polar surface area (TPSA) is 45.8 Å². The lowest BCUT2D eigenvalue weighted by Crippen LogP contribution is -2.15. The Kier molecular flexibility index (Phi) is 4.60. The number of rotatable bonds is 3. The Morgan fingerprint density at radius 1 is 1.45 bits per heavy atom. The molecule has 1 aromatic heterocycles. The minimum atomic E-state index is -0.503. The Balaban J connectivity index is 2.54. The molecule has 0 saturated carbocycles. The Morgan fingerprint density at radius 2 is 2.15 bits per heavy atom. The predicted octanol–water partition coefficient (Wildman–Crippen LogP) is 4.19. The van der Waals surface area contributed by atoms with E-state index in [0.717, 1.165) is 0 Å². The second-order valence-electron chi connectivity index (χ2n) is 4.90. The zero-order valence-electron chi connectivity index (χ0n) is 11.0. The number of aromatic amines is 1. The summed E-state index contributed by atoms with van der Waals surface area (Å²) >= 11 is 9.00. The Morgan fingerprint density at radius 3 is 2.75 bits per heavy atom. The van der Waals surface area contributed by atoms with Crippen LogP contribution >= 0.6 is 27.5 Å². The molecule has 6 heteroatoms. The molecule has 0 unspecified atom stereocenters. The van der Waals surface area contributed by atoms with Crippen LogP contribution < -0.4 is 5.56 Å². The van der Waals surface area contributed by atoms with Gasteiger partial charge in [0.2, 0.25) is 0 Å². The van der Waals surface area contributed by atoms with Gasteiger partial charge in [0.05, 0.1) is 10.7 Å². The average molecular weight is 360 g/mol. The van der Waals surface area contributed by atoms with Crippen molar-refractivity contribution in [2.75, 3.05) is 0 Å². The second kappa shape index (κ2) is 6.06. The largest absolute Gasteiger partial charge is 0.306 e. The molecule has 1 aromatic carbocycles. The molecule has 0 saturated heterocycles. The summed E-state index contributed by atoms with van der Waals surface area (Å²) < 4.78 is 13.6. The maximum atomic E-state index is 13.2. The third-order valence-corrected chi connectivity index (χ3v) is 3.83. The molecular formula is C14H13BrClFN2O. The van der Waals surface area contributed by atoms with Crippen molar-refractivity contribution in [3.8, 4) is 11.4 Å². The molecule has 3 nitrogen and oxygen atoms in total. The third-order valence-electron chi connectivity index (χ3n) is 2.73. The van der Waals surface area contributed by atoms with Crippen molar-refractivity contribution in [2.24, 2.45) is 5.92 Å². The molecular weight excluding hydrogens is 347 g/mol. The first-order valence-electron chi connectivity index (χ1n) is 6.12. The second-order valence-corrected chi connectivity index (χ2v) is 6.10. The van der Waals surface area contributed by atoms with Gasteiger partial charge in [-0.3, -0.25) is 4.79 Å². The standard InChI is InChI=1S/C14H13BrClFN2O/c1-7(2)5-11-12(15)14(20)19-13(18-11)8-3-4-10(17)9(16)6-8/h3-4,6-7H,5H2,1-2H3,(H,18,19,20). The van der Waals surface area contributed by atoms with E-state index in [1.54, 1.807) is 0 Å². The van der Waals surface area contributed by atoms with Crippen LogP contribution in [-0.4, -0.2) is 9.97 Å². The zero-order valence-corrected chi connectivity index (χ0v) is 13.3. The van der Waals surface area contributed by atoms with E-state index in [4.69, 9.17) is 11.6 Å². The van der Waals surface area contributed by atoms with Gasteiger partial charge in [-0.05, 0) is 46.5 Å². The van der Waals surface area contributed by atoms with Crippen LogP contribution in [0.15, 0.2) is 27.5 Å². The number of nitrogens with one attached hydrogen (secondary N) is 1. The van der Waals surface area contributed by atoms with Gasteiger partial charge in [0, 0.05) is 5.56 Å². The molecule has 0 aliphatic heterocycles. The van der Waals surface area contributed by atoms with Crippen molar-refractivity contribution in [1.29, 1.82) is 0 Å². The van der Waals surface area contributed by atoms with Crippen molar-refractivity contribution >= 4 is 27.5 Å². The van der Waals surface area contributed by atoms with Gasteiger partial charge in [-0.1, -0.05) is 25.4 Å². The van der Waals surface area contributed by atoms with Crippen LogP contribution in [0.5, 0.6) is 0 Å². The molecule has 20 heavy (non-hydrogen) atoms. The van der Waals surface area contributed by atoms with Crippen LogP contribution in [0.3, 0.4) is 0 Å². The zero-order chi connectivity index (χ0) is 14.9. The number of nitrogens with zero attached hydrogens (tertiary/aromatic N) is 1. The summed E-state index contributed by atoms with van der Waals surface area (Å²) in [5.74, 6) is 0.248. The van der Waals surface area contributed by atoms with E-state index in [1.807, 2.05) is 13.8 Å². The fraction of sp³-hybridized carbons (Fsp3) is 0.286. The number of benzene rings is 1. The van der Waals surface area contributed by atoms with E-state index < -0.39 is 5.82 Å². The summed E-state index contributed by atoms with van der Waals surface area (Å²) in [6, 6.07) is 4.23. The predicted molar refractivity (Wildman–Crippen MR) is 81.5 cm³/mol. The minimum Gasteiger partial charge on any atom is -0.306 e. The lowest BCUT2D eigenvalue weighted by Gasteiger charge is -2.09. The van der Waals surface area contributed by atoms with E-state index in [0.29, 0.717) is 33.9 Å². The summed E-state index contributed by atoms with van der Waals surface area (Å²) in [5, 5.41) is -0.00141. The molecule has 106 valence electrons. The first-order chi connectivity index (χ1) is 9.38. The van der Waals surface area contributed by atoms with Crippen molar-refractivity contribution in [2.45, 2.75) is 20.3 Å². The van der Waals surface area contributed by atoms with Crippen LogP contribution in [0.1, 0.15) is 19.5 Å². The van der Waals surface area contributed by atoms with Crippen molar-refractivity contribution in [1.82, 2.24) is 9.97 Å². The normalized spacial score (nSPS) is 11.1. The molecule has 2 aromatic rings. The molecule has 0 bridgehead atoms. The van der Waals surface area contributed by atoms with E-state index in [9.17, 15) is 9.18 Å². The van der Waals surface area contributed by atoms with Gasteiger partial charge < -0.3 is 4.98 Å². The van der Waals surface area contributed by atoms with Crippen LogP contribution in [0.2, 0.25) is 5.02 Å². The molecule has 0 fully saturated rings. The molecule has 0 spiro atoms. The van der Waals surface area contributed by atoms with Crippen LogP contribution in [-0.2, 0) is 6.42 Å². The maximum absolute atomic E-state index is 13.2. The average Bonchev–Trinajstić information content (AvgIpc) is 2.37. The number of halogens is 3. The summed E-state index contributed by atoms with van der Waals surface area (Å²) in [4.78, 5) is 19.0. The summed E-state index contributed by atoms with van der Waals surface area (Å²) in [7, 11) is 0. The summed E-state index contributed by atoms with van der Waals surface area (Å²) in [6.45, 7) is 4.09. The molecule has 0 atom stereocenters. The molecule has 0 amide bonds. The van der Waals surface area contributed by atoms with Crippen molar-refractivity contribution < 1.29 is 4.39 Å². The van der Waals surface area contributed by atoms with Crippen LogP contribution in [0, 0.1) is 11.7 Å². The van der Waals surface area contributed by atoms with Crippen molar-refractivity contribution in [3.63, 3.8) is 0 Å². The van der Waals surface area contributed by atoms with Gasteiger partial charge in [0.1, 0.15) is 16.1 Å². The Bertz CT molecular complexity index is 700. The molecule has 0 aliphatic carbocycles. The SMILES string of the molecule is CC(C)Cc1nc(-c2ccc(F)c(Cl)c2)[nH]c(=O)c1Br. The lowest BCUT2D eigenvalue weighted by atomic mass is 10.1.